The number of carbonyl (C=O) groups is 1. The smallest absolute Gasteiger partial charge is 0.271 e. The van der Waals surface area contributed by atoms with Gasteiger partial charge in [-0.05, 0) is 6.07 Å². The van der Waals surface area contributed by atoms with Crippen molar-refractivity contribution in [3.05, 3.63) is 30.2 Å². The highest BCUT2D eigenvalue weighted by Gasteiger charge is 2.09. The minimum atomic E-state index is -0.220. The van der Waals surface area contributed by atoms with Gasteiger partial charge in [-0.25, -0.2) is 9.50 Å². The van der Waals surface area contributed by atoms with Crippen LogP contribution < -0.4 is 5.32 Å². The van der Waals surface area contributed by atoms with Gasteiger partial charge >= 0.3 is 0 Å². The third-order valence-electron chi connectivity index (χ3n) is 2.06. The van der Waals surface area contributed by atoms with Gasteiger partial charge in [0.15, 0.2) is 11.3 Å². The summed E-state index contributed by atoms with van der Waals surface area (Å²) < 4.78 is 6.40. The molecule has 0 aromatic carbocycles. The number of nitrogens with zero attached hydrogens (tertiary/aromatic N) is 3. The van der Waals surface area contributed by atoms with Crippen LogP contribution in [0, 0.1) is 0 Å². The maximum atomic E-state index is 11.6. The average molecular weight is 220 g/mol. The molecule has 1 amide bonds. The fourth-order valence-corrected chi connectivity index (χ4v) is 1.30. The lowest BCUT2D eigenvalue weighted by Gasteiger charge is -2.00. The first-order chi connectivity index (χ1) is 7.81. The average Bonchev–Trinajstić information content (AvgIpc) is 2.73. The molecule has 0 radical (unpaired) electrons. The van der Waals surface area contributed by atoms with E-state index < -0.39 is 0 Å². The first-order valence-electron chi connectivity index (χ1n) is 4.89. The Kier molecular flexibility index (Phi) is 3.11. The highest BCUT2D eigenvalue weighted by atomic mass is 16.5. The Bertz CT molecular complexity index is 461. The largest absolute Gasteiger partial charge is 0.383 e. The molecule has 2 heterocycles. The fraction of sp³-hybridized carbons (Fsp3) is 0.300. The van der Waals surface area contributed by atoms with Gasteiger partial charge in [0.2, 0.25) is 0 Å². The van der Waals surface area contributed by atoms with Crippen LogP contribution in [0.5, 0.6) is 0 Å². The number of ether oxygens (including phenoxy) is 1. The van der Waals surface area contributed by atoms with E-state index in [9.17, 15) is 4.79 Å². The molecule has 6 nitrogen and oxygen atoms in total. The monoisotopic (exact) mass is 220 g/mol. The molecule has 1 N–H and O–H groups in total. The lowest BCUT2D eigenvalue weighted by atomic mass is 10.4. The second-order valence-electron chi connectivity index (χ2n) is 3.20. The van der Waals surface area contributed by atoms with Crippen molar-refractivity contribution in [1.82, 2.24) is 19.9 Å². The van der Waals surface area contributed by atoms with Crippen molar-refractivity contribution < 1.29 is 9.53 Å². The van der Waals surface area contributed by atoms with Crippen molar-refractivity contribution in [2.45, 2.75) is 0 Å². The molecule has 2 aromatic rings. The number of fused-ring (bicyclic) bond motifs is 1. The van der Waals surface area contributed by atoms with Gasteiger partial charge < -0.3 is 10.1 Å². The van der Waals surface area contributed by atoms with Crippen LogP contribution in [0.2, 0.25) is 0 Å². The van der Waals surface area contributed by atoms with Crippen LogP contribution in [-0.4, -0.2) is 40.8 Å². The summed E-state index contributed by atoms with van der Waals surface area (Å²) in [7, 11) is 1.58. The third kappa shape index (κ3) is 2.17. The molecule has 0 fully saturated rings. The van der Waals surface area contributed by atoms with E-state index >= 15 is 0 Å². The van der Waals surface area contributed by atoms with Gasteiger partial charge in [-0.3, -0.25) is 4.79 Å². The maximum Gasteiger partial charge on any atom is 0.271 e. The Hall–Kier alpha value is -1.95. The minimum absolute atomic E-state index is 0.220. The molecule has 0 atom stereocenters. The van der Waals surface area contributed by atoms with Gasteiger partial charge in [-0.2, -0.15) is 5.10 Å². The van der Waals surface area contributed by atoms with Crippen molar-refractivity contribution in [1.29, 1.82) is 0 Å². The summed E-state index contributed by atoms with van der Waals surface area (Å²) in [6, 6.07) is 3.40. The van der Waals surface area contributed by atoms with Crippen molar-refractivity contribution in [3.63, 3.8) is 0 Å². The number of rotatable bonds is 4. The minimum Gasteiger partial charge on any atom is -0.383 e. The van der Waals surface area contributed by atoms with E-state index in [1.165, 1.54) is 0 Å². The van der Waals surface area contributed by atoms with Crippen LogP contribution in [0.3, 0.4) is 0 Å². The molecule has 0 saturated heterocycles. The second kappa shape index (κ2) is 4.71. The van der Waals surface area contributed by atoms with Crippen LogP contribution in [0.15, 0.2) is 24.5 Å². The lowest BCUT2D eigenvalue weighted by molar-refractivity contribution is 0.0932. The number of nitrogens with one attached hydrogen (secondary N) is 1. The third-order valence-corrected chi connectivity index (χ3v) is 2.06. The Balaban J connectivity index is 2.11. The Labute approximate surface area is 92.2 Å². The van der Waals surface area contributed by atoms with Crippen LogP contribution in [-0.2, 0) is 4.74 Å². The molecule has 16 heavy (non-hydrogen) atoms. The zero-order chi connectivity index (χ0) is 11.4. The molecule has 0 aliphatic carbocycles. The molecule has 84 valence electrons. The van der Waals surface area contributed by atoms with E-state index in [0.29, 0.717) is 24.5 Å². The summed E-state index contributed by atoms with van der Waals surface area (Å²) >= 11 is 0. The normalized spacial score (nSPS) is 10.6. The topological polar surface area (TPSA) is 68.5 Å². The molecule has 0 bridgehead atoms. The molecular formula is C10H12N4O2. The molecule has 0 aliphatic rings. The highest BCUT2D eigenvalue weighted by molar-refractivity contribution is 5.93. The lowest BCUT2D eigenvalue weighted by Crippen LogP contribution is -2.27. The molecule has 6 heteroatoms. The predicted octanol–water partition coefficient (Wildman–Crippen LogP) is 0.105. The SMILES string of the molecule is COCCNC(=O)c1cc2ncccn2n1. The van der Waals surface area contributed by atoms with E-state index in [2.05, 4.69) is 15.4 Å². The summed E-state index contributed by atoms with van der Waals surface area (Å²) in [5, 5.41) is 6.79. The number of hydrogen-bond acceptors (Lipinski definition) is 4. The van der Waals surface area contributed by atoms with Crippen LogP contribution >= 0.6 is 0 Å². The zero-order valence-electron chi connectivity index (χ0n) is 8.88. The first kappa shape index (κ1) is 10.6. The fourth-order valence-electron chi connectivity index (χ4n) is 1.30. The molecule has 0 spiro atoms. The highest BCUT2D eigenvalue weighted by Crippen LogP contribution is 2.02. The summed E-state index contributed by atoms with van der Waals surface area (Å²) in [6.07, 6.45) is 3.40. The van der Waals surface area contributed by atoms with Crippen LogP contribution in [0.25, 0.3) is 5.65 Å². The van der Waals surface area contributed by atoms with E-state index in [-0.39, 0.29) is 5.91 Å². The summed E-state index contributed by atoms with van der Waals surface area (Å²) in [5.74, 6) is -0.220. The molecule has 0 unspecified atom stereocenters. The first-order valence-corrected chi connectivity index (χ1v) is 4.89. The van der Waals surface area contributed by atoms with E-state index in [1.54, 1.807) is 36.2 Å². The van der Waals surface area contributed by atoms with Crippen LogP contribution in [0.4, 0.5) is 0 Å². The maximum absolute atomic E-state index is 11.6. The number of aromatic nitrogens is 3. The van der Waals surface area contributed by atoms with Gasteiger partial charge in [0, 0.05) is 32.1 Å². The van der Waals surface area contributed by atoms with E-state index in [4.69, 9.17) is 4.74 Å². The Morgan fingerprint density at radius 2 is 2.50 bits per heavy atom. The van der Waals surface area contributed by atoms with Crippen molar-refractivity contribution in [2.75, 3.05) is 20.3 Å². The summed E-state index contributed by atoms with van der Waals surface area (Å²) in [6.45, 7) is 0.952. The molecular weight excluding hydrogens is 208 g/mol. The van der Waals surface area contributed by atoms with E-state index in [0.717, 1.165) is 0 Å². The predicted molar refractivity (Wildman–Crippen MR) is 57.2 cm³/mol. The number of carbonyl (C=O) groups excluding carboxylic acids is 1. The molecule has 0 aliphatic heterocycles. The zero-order valence-corrected chi connectivity index (χ0v) is 8.88. The van der Waals surface area contributed by atoms with Crippen molar-refractivity contribution in [3.8, 4) is 0 Å². The molecule has 0 saturated carbocycles. The van der Waals surface area contributed by atoms with Crippen LogP contribution in [0.1, 0.15) is 10.5 Å². The van der Waals surface area contributed by atoms with Gasteiger partial charge in [0.1, 0.15) is 0 Å². The van der Waals surface area contributed by atoms with Gasteiger partial charge in [0.25, 0.3) is 5.91 Å². The van der Waals surface area contributed by atoms with Crippen molar-refractivity contribution >= 4 is 11.6 Å². The quantitative estimate of drug-likeness (QED) is 0.742. The second-order valence-corrected chi connectivity index (χ2v) is 3.20. The number of methoxy groups -OCH3 is 1. The number of hydrogen-bond donors (Lipinski definition) is 1. The van der Waals surface area contributed by atoms with Gasteiger partial charge in [-0.1, -0.05) is 0 Å². The van der Waals surface area contributed by atoms with Gasteiger partial charge in [-0.15, -0.1) is 0 Å². The molecule has 2 aromatic heterocycles. The van der Waals surface area contributed by atoms with Crippen molar-refractivity contribution in [2.24, 2.45) is 0 Å². The summed E-state index contributed by atoms with van der Waals surface area (Å²) in [5.41, 5.74) is 1.01. The Morgan fingerprint density at radius 1 is 1.62 bits per heavy atom. The number of amides is 1. The Morgan fingerprint density at radius 3 is 3.25 bits per heavy atom. The molecule has 2 rings (SSSR count). The van der Waals surface area contributed by atoms with Gasteiger partial charge in [0.05, 0.1) is 6.61 Å². The van der Waals surface area contributed by atoms with E-state index in [1.807, 2.05) is 0 Å². The standard InChI is InChI=1S/C10H12N4O2/c1-16-6-4-12-10(15)8-7-9-11-3-2-5-14(9)13-8/h2-3,5,7H,4,6H2,1H3,(H,12,15). The summed E-state index contributed by atoms with van der Waals surface area (Å²) in [4.78, 5) is 15.7.